The Kier molecular flexibility index (Phi) is 6.46. The number of morpholine rings is 1. The quantitative estimate of drug-likeness (QED) is 0.417. The third-order valence-corrected chi connectivity index (χ3v) is 8.11. The topological polar surface area (TPSA) is 75.1 Å². The molecule has 0 radical (unpaired) electrons. The van der Waals surface area contributed by atoms with Gasteiger partial charge in [0.25, 0.3) is 0 Å². The van der Waals surface area contributed by atoms with Crippen molar-refractivity contribution < 1.29 is 4.74 Å². The monoisotopic (exact) mass is 499 g/mol. The van der Waals surface area contributed by atoms with Crippen LogP contribution in [-0.4, -0.2) is 75.1 Å². The zero-order chi connectivity index (χ0) is 25.5. The van der Waals surface area contributed by atoms with Crippen molar-refractivity contribution in [2.45, 2.75) is 52.6 Å². The van der Waals surface area contributed by atoms with Crippen LogP contribution in [-0.2, 0) is 4.74 Å². The zero-order valence-corrected chi connectivity index (χ0v) is 22.4. The number of nitrogens with zero attached hydrogens (tertiary/aromatic N) is 6. The molecule has 2 aliphatic rings. The van der Waals surface area contributed by atoms with E-state index in [0.29, 0.717) is 12.1 Å². The summed E-state index contributed by atoms with van der Waals surface area (Å²) in [6.45, 7) is 14.7. The van der Waals surface area contributed by atoms with Crippen LogP contribution in [0.1, 0.15) is 43.9 Å². The second kappa shape index (κ2) is 9.91. The molecule has 0 bridgehead atoms. The number of anilines is 1. The number of likely N-dealkylation sites (tertiary alicyclic amines) is 1. The molecule has 1 N–H and O–H groups in total. The molecule has 4 aromatic rings. The largest absolute Gasteiger partial charge is 0.377 e. The summed E-state index contributed by atoms with van der Waals surface area (Å²) >= 11 is 0. The van der Waals surface area contributed by atoms with Gasteiger partial charge in [-0.15, -0.1) is 0 Å². The summed E-state index contributed by atoms with van der Waals surface area (Å²) in [5, 5.41) is 4.74. The number of aryl methyl sites for hydroxylation is 2. The number of rotatable bonds is 5. The van der Waals surface area contributed by atoms with Gasteiger partial charge in [0.1, 0.15) is 5.52 Å². The minimum Gasteiger partial charge on any atom is -0.377 e. The maximum atomic E-state index is 5.66. The molecule has 0 amide bonds. The van der Waals surface area contributed by atoms with Crippen molar-refractivity contribution in [3.8, 4) is 22.4 Å². The Labute approximate surface area is 218 Å². The van der Waals surface area contributed by atoms with Gasteiger partial charge in [0.2, 0.25) is 0 Å². The first-order chi connectivity index (χ1) is 18.0. The van der Waals surface area contributed by atoms with E-state index in [1.165, 1.54) is 16.8 Å². The highest BCUT2D eigenvalue weighted by molar-refractivity contribution is 5.91. The number of nitrogens with one attached hydrogen (secondary N) is 1. The standard InChI is InChI=1S/C29H37N7O/c1-5-34-8-6-24(7-9-34)36-17-23(14-32-36)25-15-30-29-27(25)33-26(16-31-29)22-12-19(2)28(20(3)13-22)35-10-11-37-18-21(35)4/h12-17,21,24H,5-11,18H2,1-4H3,(H,30,31). The third-order valence-electron chi connectivity index (χ3n) is 8.11. The summed E-state index contributed by atoms with van der Waals surface area (Å²) < 4.78 is 7.81. The molecule has 194 valence electrons. The predicted molar refractivity (Wildman–Crippen MR) is 148 cm³/mol. The lowest BCUT2D eigenvalue weighted by Gasteiger charge is -2.37. The summed E-state index contributed by atoms with van der Waals surface area (Å²) in [5.74, 6) is 0. The molecular formula is C29H37N7O. The highest BCUT2D eigenvalue weighted by Crippen LogP contribution is 2.34. The van der Waals surface area contributed by atoms with Crippen LogP contribution in [0.25, 0.3) is 33.5 Å². The Bertz CT molecular complexity index is 1380. The van der Waals surface area contributed by atoms with Gasteiger partial charge in [0.05, 0.1) is 37.3 Å². The van der Waals surface area contributed by atoms with Crippen molar-refractivity contribution in [2.24, 2.45) is 0 Å². The van der Waals surface area contributed by atoms with Crippen LogP contribution in [0.4, 0.5) is 5.69 Å². The SMILES string of the molecule is CCN1CCC(n2cc(-c3c[nH]c4ncc(-c5cc(C)c(N6CCOCC6C)c(C)c5)nc34)cn2)CC1. The Balaban J connectivity index is 1.30. The molecular weight excluding hydrogens is 462 g/mol. The molecule has 0 spiro atoms. The molecule has 1 aromatic carbocycles. The fourth-order valence-electron chi connectivity index (χ4n) is 6.04. The Morgan fingerprint density at radius 2 is 1.84 bits per heavy atom. The van der Waals surface area contributed by atoms with Crippen LogP contribution in [0.5, 0.6) is 0 Å². The minimum atomic E-state index is 0.371. The van der Waals surface area contributed by atoms with E-state index in [1.54, 1.807) is 0 Å². The van der Waals surface area contributed by atoms with Crippen molar-refractivity contribution in [2.75, 3.05) is 44.3 Å². The summed E-state index contributed by atoms with van der Waals surface area (Å²) in [5.41, 5.74) is 9.64. The maximum absolute atomic E-state index is 5.66. The van der Waals surface area contributed by atoms with Crippen LogP contribution in [0.15, 0.2) is 36.9 Å². The molecule has 6 rings (SSSR count). The van der Waals surface area contributed by atoms with Crippen molar-refractivity contribution in [3.05, 3.63) is 48.0 Å². The highest BCUT2D eigenvalue weighted by atomic mass is 16.5. The molecule has 1 atom stereocenters. The number of ether oxygens (including phenoxy) is 1. The first-order valence-electron chi connectivity index (χ1n) is 13.6. The summed E-state index contributed by atoms with van der Waals surface area (Å²) in [6.07, 6.45) is 10.3. The molecule has 37 heavy (non-hydrogen) atoms. The fraction of sp³-hybridized carbons (Fsp3) is 0.483. The molecule has 3 aromatic heterocycles. The fourth-order valence-corrected chi connectivity index (χ4v) is 6.04. The minimum absolute atomic E-state index is 0.371. The van der Waals surface area contributed by atoms with E-state index in [2.05, 4.69) is 65.5 Å². The van der Waals surface area contributed by atoms with Gasteiger partial charge in [-0.1, -0.05) is 6.92 Å². The average Bonchev–Trinajstić information content (AvgIpc) is 3.56. The lowest BCUT2D eigenvalue weighted by atomic mass is 10.00. The number of fused-ring (bicyclic) bond motifs is 1. The van der Waals surface area contributed by atoms with E-state index in [9.17, 15) is 0 Å². The lowest BCUT2D eigenvalue weighted by molar-refractivity contribution is 0.0988. The highest BCUT2D eigenvalue weighted by Gasteiger charge is 2.24. The number of hydrogen-bond acceptors (Lipinski definition) is 6. The van der Waals surface area contributed by atoms with Gasteiger partial charge in [0.15, 0.2) is 5.65 Å². The maximum Gasteiger partial charge on any atom is 0.156 e. The molecule has 8 heteroatoms. The molecule has 2 saturated heterocycles. The molecule has 2 aliphatic heterocycles. The third kappa shape index (κ3) is 4.53. The van der Waals surface area contributed by atoms with Crippen LogP contribution < -0.4 is 4.90 Å². The predicted octanol–water partition coefficient (Wildman–Crippen LogP) is 4.99. The van der Waals surface area contributed by atoms with E-state index >= 15 is 0 Å². The normalized spacial score (nSPS) is 19.7. The number of hydrogen-bond donors (Lipinski definition) is 1. The average molecular weight is 500 g/mol. The van der Waals surface area contributed by atoms with Gasteiger partial charge >= 0.3 is 0 Å². The Morgan fingerprint density at radius 1 is 1.05 bits per heavy atom. The van der Waals surface area contributed by atoms with Crippen molar-refractivity contribution in [1.82, 2.24) is 29.6 Å². The van der Waals surface area contributed by atoms with Crippen LogP contribution >= 0.6 is 0 Å². The molecule has 1 unspecified atom stereocenters. The lowest BCUT2D eigenvalue weighted by Crippen LogP contribution is -2.44. The van der Waals surface area contributed by atoms with Crippen molar-refractivity contribution >= 4 is 16.9 Å². The number of H-pyrrole nitrogens is 1. The van der Waals surface area contributed by atoms with Gasteiger partial charge < -0.3 is 19.5 Å². The molecule has 8 nitrogen and oxygen atoms in total. The van der Waals surface area contributed by atoms with Crippen LogP contribution in [0, 0.1) is 13.8 Å². The van der Waals surface area contributed by atoms with Gasteiger partial charge in [-0.05, 0) is 63.4 Å². The van der Waals surface area contributed by atoms with Gasteiger partial charge in [0, 0.05) is 60.4 Å². The first-order valence-corrected chi connectivity index (χ1v) is 13.6. The van der Waals surface area contributed by atoms with Gasteiger partial charge in [-0.3, -0.25) is 4.68 Å². The number of piperidine rings is 1. The van der Waals surface area contributed by atoms with Crippen LogP contribution in [0.2, 0.25) is 0 Å². The number of benzene rings is 1. The van der Waals surface area contributed by atoms with E-state index in [-0.39, 0.29) is 0 Å². The van der Waals surface area contributed by atoms with E-state index in [1.807, 2.05) is 18.6 Å². The van der Waals surface area contributed by atoms with Gasteiger partial charge in [-0.25, -0.2) is 9.97 Å². The summed E-state index contributed by atoms with van der Waals surface area (Å²) in [6, 6.07) is 5.32. The van der Waals surface area contributed by atoms with Crippen molar-refractivity contribution in [1.29, 1.82) is 0 Å². The smallest absolute Gasteiger partial charge is 0.156 e. The van der Waals surface area contributed by atoms with E-state index in [4.69, 9.17) is 19.8 Å². The molecule has 5 heterocycles. The van der Waals surface area contributed by atoms with E-state index < -0.39 is 0 Å². The Morgan fingerprint density at radius 3 is 2.57 bits per heavy atom. The second-order valence-electron chi connectivity index (χ2n) is 10.6. The summed E-state index contributed by atoms with van der Waals surface area (Å²) in [4.78, 5) is 18.1. The van der Waals surface area contributed by atoms with Gasteiger partial charge in [-0.2, -0.15) is 5.10 Å². The number of aromatic amines is 1. The van der Waals surface area contributed by atoms with E-state index in [0.717, 1.165) is 85.8 Å². The molecule has 2 fully saturated rings. The Hall–Kier alpha value is -3.23. The molecule has 0 saturated carbocycles. The zero-order valence-electron chi connectivity index (χ0n) is 22.4. The second-order valence-corrected chi connectivity index (χ2v) is 10.6. The molecule has 0 aliphatic carbocycles. The number of aromatic nitrogens is 5. The summed E-state index contributed by atoms with van der Waals surface area (Å²) in [7, 11) is 0. The first kappa shape index (κ1) is 24.1. The van der Waals surface area contributed by atoms with Crippen molar-refractivity contribution in [3.63, 3.8) is 0 Å². The van der Waals surface area contributed by atoms with Crippen LogP contribution in [0.3, 0.4) is 0 Å².